The minimum atomic E-state index is -4.62. The van der Waals surface area contributed by atoms with Crippen molar-refractivity contribution in [3.63, 3.8) is 0 Å². The molecule has 0 heterocycles. The first-order valence-electron chi connectivity index (χ1n) is 24.7. The molecule has 0 bridgehead atoms. The summed E-state index contributed by atoms with van der Waals surface area (Å²) in [5, 5.41) is 8.92. The number of phosphoric acid groups is 1. The summed E-state index contributed by atoms with van der Waals surface area (Å²) in [6, 6.07) is -1.47. The Hall–Kier alpha value is -1.29. The lowest BCUT2D eigenvalue weighted by atomic mass is 10.0. The predicted molar refractivity (Wildman–Crippen MR) is 245 cm³/mol. The lowest BCUT2D eigenvalue weighted by Gasteiger charge is -2.20. The molecule has 0 aliphatic carbocycles. The van der Waals surface area contributed by atoms with E-state index in [1.165, 1.54) is 180 Å². The van der Waals surface area contributed by atoms with E-state index in [0.29, 0.717) is 6.61 Å². The van der Waals surface area contributed by atoms with E-state index in [1.807, 2.05) is 0 Å². The fourth-order valence-corrected chi connectivity index (χ4v) is 7.97. The van der Waals surface area contributed by atoms with Crippen molar-refractivity contribution in [1.29, 1.82) is 0 Å². The quantitative estimate of drug-likeness (QED) is 0.0233. The number of nitrogens with two attached hydrogens (primary N) is 1. The van der Waals surface area contributed by atoms with E-state index in [-0.39, 0.29) is 13.0 Å². The second kappa shape index (κ2) is 44.8. The van der Waals surface area contributed by atoms with Gasteiger partial charge >= 0.3 is 19.8 Å². The van der Waals surface area contributed by atoms with E-state index in [9.17, 15) is 19.0 Å². The van der Waals surface area contributed by atoms with Gasteiger partial charge < -0.3 is 25.2 Å². The van der Waals surface area contributed by atoms with Crippen LogP contribution in [0.25, 0.3) is 0 Å². The molecule has 11 heteroatoms. The summed E-state index contributed by atoms with van der Waals surface area (Å²) in [4.78, 5) is 33.6. The SMILES string of the molecule is CCCCCCCCC/C=C\CCCCCCCCOCC(COP(=O)(O)OCC(N)C(=O)O)OC(=O)CCCCCCCCCCCCCCCCCCCCCC. The van der Waals surface area contributed by atoms with Gasteiger partial charge in [0.25, 0.3) is 0 Å². The highest BCUT2D eigenvalue weighted by atomic mass is 31.2. The van der Waals surface area contributed by atoms with Crippen molar-refractivity contribution < 1.29 is 42.7 Å². The Labute approximate surface area is 362 Å². The van der Waals surface area contributed by atoms with Crippen LogP contribution < -0.4 is 5.73 Å². The number of unbranched alkanes of at least 4 members (excludes halogenated alkanes) is 32. The van der Waals surface area contributed by atoms with Gasteiger partial charge in [-0.25, -0.2) is 4.57 Å². The van der Waals surface area contributed by atoms with Gasteiger partial charge in [0, 0.05) is 13.0 Å². The van der Waals surface area contributed by atoms with Crippen LogP contribution in [0.5, 0.6) is 0 Å². The molecule has 0 aromatic carbocycles. The summed E-state index contributed by atoms with van der Waals surface area (Å²) in [5.74, 6) is -1.77. The molecule has 0 saturated carbocycles. The Morgan fingerprint density at radius 2 is 0.881 bits per heavy atom. The molecule has 0 fully saturated rings. The van der Waals surface area contributed by atoms with E-state index in [2.05, 4.69) is 26.0 Å². The number of carboxylic acid groups (broad SMARTS) is 1. The second-order valence-electron chi connectivity index (χ2n) is 17.0. The van der Waals surface area contributed by atoms with Gasteiger partial charge in [-0.1, -0.05) is 212 Å². The fourth-order valence-electron chi connectivity index (χ4n) is 7.19. The maximum Gasteiger partial charge on any atom is 0.472 e. The number of esters is 1. The van der Waals surface area contributed by atoms with E-state index in [1.54, 1.807) is 0 Å². The van der Waals surface area contributed by atoms with Gasteiger partial charge in [0.05, 0.1) is 19.8 Å². The number of phosphoric ester groups is 1. The molecule has 0 aliphatic heterocycles. The lowest BCUT2D eigenvalue weighted by Crippen LogP contribution is -2.34. The molecule has 0 aromatic rings. The van der Waals surface area contributed by atoms with Crippen molar-refractivity contribution >= 4 is 19.8 Å². The van der Waals surface area contributed by atoms with Gasteiger partial charge in [0.1, 0.15) is 12.1 Å². The third kappa shape index (κ3) is 44.6. The number of carbonyl (C=O) groups is 2. The molecule has 0 spiro atoms. The van der Waals surface area contributed by atoms with Crippen LogP contribution in [0.15, 0.2) is 12.2 Å². The van der Waals surface area contributed by atoms with Crippen LogP contribution in [0, 0.1) is 0 Å². The zero-order valence-corrected chi connectivity index (χ0v) is 39.3. The van der Waals surface area contributed by atoms with Gasteiger partial charge in [-0.05, 0) is 38.5 Å². The smallest absolute Gasteiger partial charge is 0.472 e. The third-order valence-electron chi connectivity index (χ3n) is 11.0. The summed E-state index contributed by atoms with van der Waals surface area (Å²) in [7, 11) is -4.62. The third-order valence-corrected chi connectivity index (χ3v) is 12.0. The monoisotopic (exact) mass is 860 g/mol. The minimum absolute atomic E-state index is 0.0187. The minimum Gasteiger partial charge on any atom is -0.480 e. The van der Waals surface area contributed by atoms with Crippen molar-refractivity contribution in [2.75, 3.05) is 26.4 Å². The summed E-state index contributed by atoms with van der Waals surface area (Å²) in [5.41, 5.74) is 5.37. The maximum atomic E-state index is 12.7. The van der Waals surface area contributed by atoms with E-state index >= 15 is 0 Å². The average Bonchev–Trinajstić information content (AvgIpc) is 3.21. The van der Waals surface area contributed by atoms with Crippen molar-refractivity contribution in [3.8, 4) is 0 Å². The number of rotatable bonds is 48. The van der Waals surface area contributed by atoms with Gasteiger partial charge in [-0.2, -0.15) is 0 Å². The van der Waals surface area contributed by atoms with Crippen LogP contribution in [0.3, 0.4) is 0 Å². The van der Waals surface area contributed by atoms with Crippen LogP contribution in [0.4, 0.5) is 0 Å². The maximum absolute atomic E-state index is 12.7. The summed E-state index contributed by atoms with van der Waals surface area (Å²) in [6.45, 7) is 3.92. The van der Waals surface area contributed by atoms with Gasteiger partial charge in [0.15, 0.2) is 0 Å². The number of allylic oxidation sites excluding steroid dienone is 2. The van der Waals surface area contributed by atoms with Crippen molar-refractivity contribution in [2.24, 2.45) is 5.73 Å². The molecule has 0 amide bonds. The second-order valence-corrected chi connectivity index (χ2v) is 18.4. The van der Waals surface area contributed by atoms with Crippen LogP contribution in [0.2, 0.25) is 0 Å². The normalized spacial score (nSPS) is 13.8. The average molecular weight is 860 g/mol. The zero-order valence-electron chi connectivity index (χ0n) is 38.4. The number of carboxylic acids is 1. The van der Waals surface area contributed by atoms with Gasteiger partial charge in [-0.3, -0.25) is 18.6 Å². The lowest BCUT2D eigenvalue weighted by molar-refractivity contribution is -0.154. The van der Waals surface area contributed by atoms with Crippen LogP contribution in [0.1, 0.15) is 245 Å². The first kappa shape index (κ1) is 57.7. The fraction of sp³-hybridized carbons (Fsp3) is 0.917. The molecule has 0 rings (SSSR count). The molecule has 0 saturated heterocycles. The van der Waals surface area contributed by atoms with Crippen LogP contribution in [-0.4, -0.2) is 60.5 Å². The summed E-state index contributed by atoms with van der Waals surface area (Å²) >= 11 is 0. The summed E-state index contributed by atoms with van der Waals surface area (Å²) in [6.07, 6.45) is 48.4. The Morgan fingerprint density at radius 3 is 1.29 bits per heavy atom. The van der Waals surface area contributed by atoms with Gasteiger partial charge in [-0.15, -0.1) is 0 Å². The molecular weight excluding hydrogens is 765 g/mol. The Bertz CT molecular complexity index is 998. The van der Waals surface area contributed by atoms with Crippen LogP contribution >= 0.6 is 7.82 Å². The number of aliphatic carboxylic acids is 1. The predicted octanol–water partition coefficient (Wildman–Crippen LogP) is 14.1. The van der Waals surface area contributed by atoms with Crippen molar-refractivity contribution in [3.05, 3.63) is 12.2 Å². The molecule has 4 N–H and O–H groups in total. The number of hydrogen-bond acceptors (Lipinski definition) is 8. The molecule has 3 atom stereocenters. The van der Waals surface area contributed by atoms with E-state index in [4.69, 9.17) is 29.4 Å². The standard InChI is InChI=1S/C48H94NO9P/c1-3-5-7-9-11-13-15-17-19-21-22-23-24-26-28-30-32-34-36-38-40-47(50)58-45(43-56-59(53,54)57-44-46(49)48(51)52)42-55-41-39-37-35-33-31-29-27-25-20-18-16-14-12-10-8-6-4-2/h20,25,45-46H,3-19,21-24,26-44,49H2,1-2H3,(H,51,52)(H,53,54)/b25-20-. The van der Waals surface area contributed by atoms with E-state index in [0.717, 1.165) is 44.9 Å². The highest BCUT2D eigenvalue weighted by molar-refractivity contribution is 7.47. The van der Waals surface area contributed by atoms with Crippen molar-refractivity contribution in [2.45, 2.75) is 257 Å². The highest BCUT2D eigenvalue weighted by Gasteiger charge is 2.27. The highest BCUT2D eigenvalue weighted by Crippen LogP contribution is 2.43. The molecule has 59 heavy (non-hydrogen) atoms. The topological polar surface area (TPSA) is 155 Å². The number of ether oxygens (including phenoxy) is 2. The molecule has 3 unspecified atom stereocenters. The summed E-state index contributed by atoms with van der Waals surface area (Å²) < 4.78 is 33.5. The number of carbonyl (C=O) groups excluding carboxylic acids is 1. The largest absolute Gasteiger partial charge is 0.480 e. The molecule has 0 radical (unpaired) electrons. The van der Waals surface area contributed by atoms with Crippen molar-refractivity contribution in [1.82, 2.24) is 0 Å². The molecule has 0 aromatic heterocycles. The number of hydrogen-bond donors (Lipinski definition) is 3. The van der Waals surface area contributed by atoms with Gasteiger partial charge in [0.2, 0.25) is 0 Å². The van der Waals surface area contributed by atoms with Crippen LogP contribution in [-0.2, 0) is 32.7 Å². The van der Waals surface area contributed by atoms with E-state index < -0.39 is 45.1 Å². The first-order chi connectivity index (χ1) is 28.7. The molecule has 0 aliphatic rings. The Kier molecular flexibility index (Phi) is 43.8. The molecule has 10 nitrogen and oxygen atoms in total. The molecular formula is C48H94NO9P. The first-order valence-corrected chi connectivity index (χ1v) is 26.2. The zero-order chi connectivity index (χ0) is 43.3. The Morgan fingerprint density at radius 1 is 0.525 bits per heavy atom. The molecule has 350 valence electrons. The Balaban J connectivity index is 4.13.